The zero-order valence-corrected chi connectivity index (χ0v) is 14.8. The molecular formula is C14H14ClN3O4S2. The van der Waals surface area contributed by atoms with Crippen LogP contribution in [0.1, 0.15) is 17.3 Å². The van der Waals surface area contributed by atoms with Gasteiger partial charge < -0.3 is 5.32 Å². The number of nitrogens with one attached hydrogen (secondary N) is 2. The number of halogens is 1. The summed E-state index contributed by atoms with van der Waals surface area (Å²) in [6, 6.07) is 9.50. The lowest BCUT2D eigenvalue weighted by Gasteiger charge is -2.29. The van der Waals surface area contributed by atoms with Crippen molar-refractivity contribution in [2.75, 3.05) is 5.32 Å². The summed E-state index contributed by atoms with van der Waals surface area (Å²) in [4.78, 5) is -0.662. The van der Waals surface area contributed by atoms with Gasteiger partial charge in [-0.2, -0.15) is 4.72 Å². The molecule has 7 nitrogen and oxygen atoms in total. The molecule has 0 aliphatic carbocycles. The number of fused-ring (bicyclic) bond motifs is 1. The predicted molar refractivity (Wildman–Crippen MR) is 90.7 cm³/mol. The maximum absolute atomic E-state index is 12.5. The fourth-order valence-electron chi connectivity index (χ4n) is 2.54. The van der Waals surface area contributed by atoms with Crippen LogP contribution in [0.2, 0.25) is 5.02 Å². The Morgan fingerprint density at radius 1 is 1.21 bits per heavy atom. The first-order chi connectivity index (χ1) is 11.1. The minimum Gasteiger partial charge on any atom is -0.364 e. The molecule has 0 saturated carbocycles. The first-order valence-corrected chi connectivity index (χ1v) is 10.2. The highest BCUT2D eigenvalue weighted by Gasteiger charge is 2.32. The standard InChI is InChI=1S/C14H14ClN3O4S2/c1-8-4-2-3-5-9(8)14-17-11-6-10(15)12(23(16,19)20)7-13(11)24(21,22)18-14/h2-7,14,17-18H,1H3,(H2,16,19,20). The molecule has 1 atom stereocenters. The van der Waals surface area contributed by atoms with Gasteiger partial charge in [-0.05, 0) is 30.2 Å². The van der Waals surface area contributed by atoms with Crippen molar-refractivity contribution in [1.82, 2.24) is 4.72 Å². The molecule has 4 N–H and O–H groups in total. The Bertz CT molecular complexity index is 1040. The maximum Gasteiger partial charge on any atom is 0.244 e. The molecule has 1 heterocycles. The van der Waals surface area contributed by atoms with Crippen LogP contribution in [0.25, 0.3) is 0 Å². The number of anilines is 1. The molecule has 0 fully saturated rings. The minimum absolute atomic E-state index is 0.149. The highest BCUT2D eigenvalue weighted by atomic mass is 35.5. The van der Waals surface area contributed by atoms with Gasteiger partial charge in [0.1, 0.15) is 16.0 Å². The Morgan fingerprint density at radius 2 is 1.88 bits per heavy atom. The first-order valence-electron chi connectivity index (χ1n) is 6.80. The van der Waals surface area contributed by atoms with Gasteiger partial charge in [0.05, 0.1) is 10.7 Å². The summed E-state index contributed by atoms with van der Waals surface area (Å²) >= 11 is 5.95. The molecule has 1 aliphatic heterocycles. The molecule has 0 spiro atoms. The fraction of sp³-hybridized carbons (Fsp3) is 0.143. The van der Waals surface area contributed by atoms with Crippen LogP contribution in [-0.4, -0.2) is 16.8 Å². The predicted octanol–water partition coefficient (Wildman–Crippen LogP) is 1.70. The smallest absolute Gasteiger partial charge is 0.244 e. The van der Waals surface area contributed by atoms with E-state index in [2.05, 4.69) is 10.0 Å². The molecule has 128 valence electrons. The van der Waals surface area contributed by atoms with Gasteiger partial charge >= 0.3 is 0 Å². The molecule has 0 bridgehead atoms. The summed E-state index contributed by atoms with van der Waals surface area (Å²) < 4.78 is 50.6. The number of rotatable bonds is 2. The number of aryl methyl sites for hydroxylation is 1. The average Bonchev–Trinajstić information content (AvgIpc) is 2.44. The lowest BCUT2D eigenvalue weighted by atomic mass is 10.1. The summed E-state index contributed by atoms with van der Waals surface area (Å²) in [6.45, 7) is 1.86. The van der Waals surface area contributed by atoms with Crippen molar-refractivity contribution in [3.05, 3.63) is 52.5 Å². The quantitative estimate of drug-likeness (QED) is 0.724. The maximum atomic E-state index is 12.5. The summed E-state index contributed by atoms with van der Waals surface area (Å²) in [5, 5.41) is 7.94. The van der Waals surface area contributed by atoms with Crippen LogP contribution in [0.4, 0.5) is 5.69 Å². The van der Waals surface area contributed by atoms with Crippen LogP contribution < -0.4 is 15.2 Å². The lowest BCUT2D eigenvalue weighted by molar-refractivity contribution is 0.561. The van der Waals surface area contributed by atoms with Crippen molar-refractivity contribution in [3.8, 4) is 0 Å². The monoisotopic (exact) mass is 387 g/mol. The third-order valence-corrected chi connectivity index (χ3v) is 6.54. The van der Waals surface area contributed by atoms with E-state index < -0.39 is 31.1 Å². The Labute approximate surface area is 144 Å². The SMILES string of the molecule is Cc1ccccc1C1Nc2cc(Cl)c(S(N)(=O)=O)cc2S(=O)(=O)N1. The molecule has 0 radical (unpaired) electrons. The van der Waals surface area contributed by atoms with Gasteiger partial charge in [-0.15, -0.1) is 0 Å². The van der Waals surface area contributed by atoms with Crippen molar-refractivity contribution >= 4 is 37.3 Å². The Balaban J connectivity index is 2.16. The molecule has 0 amide bonds. The summed E-state index contributed by atoms with van der Waals surface area (Å²) in [5.41, 5.74) is 1.85. The van der Waals surface area contributed by atoms with Crippen LogP contribution >= 0.6 is 11.6 Å². The van der Waals surface area contributed by atoms with Crippen LogP contribution in [0.3, 0.4) is 0 Å². The molecule has 0 saturated heterocycles. The molecule has 3 rings (SSSR count). The van der Waals surface area contributed by atoms with Crippen LogP contribution in [0.5, 0.6) is 0 Å². The Morgan fingerprint density at radius 3 is 2.50 bits per heavy atom. The van der Waals surface area contributed by atoms with Crippen molar-refractivity contribution in [2.45, 2.75) is 22.9 Å². The summed E-state index contributed by atoms with van der Waals surface area (Å²) in [6.07, 6.45) is -0.694. The van der Waals surface area contributed by atoms with Gasteiger partial charge in [0.25, 0.3) is 0 Å². The first kappa shape index (κ1) is 17.2. The number of benzene rings is 2. The van der Waals surface area contributed by atoms with E-state index in [9.17, 15) is 16.8 Å². The molecule has 2 aromatic rings. The lowest BCUT2D eigenvalue weighted by Crippen LogP contribution is -2.38. The third kappa shape index (κ3) is 3.01. The second kappa shape index (κ2) is 5.71. The van der Waals surface area contributed by atoms with Crippen molar-refractivity contribution in [1.29, 1.82) is 0 Å². The molecule has 24 heavy (non-hydrogen) atoms. The van der Waals surface area contributed by atoms with E-state index in [1.807, 2.05) is 19.1 Å². The minimum atomic E-state index is -4.14. The van der Waals surface area contributed by atoms with Crippen LogP contribution in [0, 0.1) is 6.92 Å². The van der Waals surface area contributed by atoms with Crippen molar-refractivity contribution in [2.24, 2.45) is 5.14 Å². The van der Waals surface area contributed by atoms with E-state index in [1.54, 1.807) is 12.1 Å². The number of hydrogen-bond donors (Lipinski definition) is 3. The van der Waals surface area contributed by atoms with E-state index in [1.165, 1.54) is 6.07 Å². The zero-order chi connectivity index (χ0) is 17.7. The van der Waals surface area contributed by atoms with Gasteiger partial charge in [-0.1, -0.05) is 35.9 Å². The van der Waals surface area contributed by atoms with Gasteiger partial charge in [0.15, 0.2) is 0 Å². The molecular weight excluding hydrogens is 374 g/mol. The molecule has 2 aromatic carbocycles. The van der Waals surface area contributed by atoms with Crippen molar-refractivity contribution < 1.29 is 16.8 Å². The fourth-order valence-corrected chi connectivity index (χ4v) is 5.02. The van der Waals surface area contributed by atoms with Gasteiger partial charge in [-0.3, -0.25) is 0 Å². The Hall–Kier alpha value is -1.65. The topological polar surface area (TPSA) is 118 Å². The molecule has 0 aromatic heterocycles. The molecule has 10 heteroatoms. The normalized spacial score (nSPS) is 19.4. The summed E-state index contributed by atoms with van der Waals surface area (Å²) in [5.74, 6) is 0. The van der Waals surface area contributed by atoms with E-state index >= 15 is 0 Å². The summed E-state index contributed by atoms with van der Waals surface area (Å²) in [7, 11) is -8.09. The number of primary sulfonamides is 1. The second-order valence-corrected chi connectivity index (χ2v) is 9.00. The van der Waals surface area contributed by atoms with Gasteiger partial charge in [0, 0.05) is 0 Å². The highest BCUT2D eigenvalue weighted by molar-refractivity contribution is 7.90. The molecule has 1 unspecified atom stereocenters. The number of hydrogen-bond acceptors (Lipinski definition) is 5. The third-order valence-electron chi connectivity index (χ3n) is 3.70. The van der Waals surface area contributed by atoms with Crippen molar-refractivity contribution in [3.63, 3.8) is 0 Å². The van der Waals surface area contributed by atoms with Crippen LogP contribution in [-0.2, 0) is 20.0 Å². The van der Waals surface area contributed by atoms with E-state index in [-0.39, 0.29) is 15.6 Å². The van der Waals surface area contributed by atoms with E-state index in [0.29, 0.717) is 0 Å². The highest BCUT2D eigenvalue weighted by Crippen LogP contribution is 2.36. The van der Waals surface area contributed by atoms with Gasteiger partial charge in [-0.25, -0.2) is 22.0 Å². The Kier molecular flexibility index (Phi) is 4.09. The molecule has 1 aliphatic rings. The van der Waals surface area contributed by atoms with Gasteiger partial charge in [0.2, 0.25) is 20.0 Å². The number of sulfonamides is 2. The van der Waals surface area contributed by atoms with E-state index in [4.69, 9.17) is 16.7 Å². The zero-order valence-electron chi connectivity index (χ0n) is 12.4. The number of nitrogens with two attached hydrogens (primary N) is 1. The van der Waals surface area contributed by atoms with E-state index in [0.717, 1.165) is 17.2 Å². The largest absolute Gasteiger partial charge is 0.364 e. The average molecular weight is 388 g/mol. The second-order valence-electron chi connectivity index (χ2n) is 5.38. The van der Waals surface area contributed by atoms with Crippen LogP contribution in [0.15, 0.2) is 46.2 Å².